The molecule has 3 heterocycles. The van der Waals surface area contributed by atoms with Gasteiger partial charge in [0.2, 0.25) is 0 Å². The minimum Gasteiger partial charge on any atom is -0.743 e. The van der Waals surface area contributed by atoms with Gasteiger partial charge in [-0.2, -0.15) is 8.78 Å². The van der Waals surface area contributed by atoms with Gasteiger partial charge in [-0.25, -0.2) is 8.42 Å². The number of esters is 3. The lowest BCUT2D eigenvalue weighted by Gasteiger charge is -2.55. The van der Waals surface area contributed by atoms with Crippen molar-refractivity contribution in [1.82, 2.24) is 0 Å². The van der Waals surface area contributed by atoms with Crippen LogP contribution in [0, 0.1) is 35.0 Å². The van der Waals surface area contributed by atoms with Crippen molar-refractivity contribution >= 4 is 28.0 Å². The van der Waals surface area contributed by atoms with Gasteiger partial charge < -0.3 is 23.5 Å². The van der Waals surface area contributed by atoms with Crippen LogP contribution in [0.15, 0.2) is 0 Å². The average Bonchev–Trinajstić information content (AvgIpc) is 3.34. The Morgan fingerprint density at radius 1 is 1.06 bits per heavy atom. The van der Waals surface area contributed by atoms with Gasteiger partial charge in [0.05, 0.1) is 5.41 Å². The first-order valence-corrected chi connectivity index (χ1v) is 12.9. The van der Waals surface area contributed by atoms with Crippen LogP contribution in [0.3, 0.4) is 0 Å². The molecule has 7 rings (SSSR count). The van der Waals surface area contributed by atoms with Crippen LogP contribution >= 0.6 is 0 Å². The Morgan fingerprint density at radius 3 is 2.21 bits per heavy atom. The van der Waals surface area contributed by atoms with E-state index in [4.69, 9.17) is 14.2 Å². The van der Waals surface area contributed by atoms with Gasteiger partial charge in [-0.05, 0) is 56.3 Å². The summed E-state index contributed by atoms with van der Waals surface area (Å²) in [6, 6.07) is 0. The molecule has 0 N–H and O–H groups in total. The summed E-state index contributed by atoms with van der Waals surface area (Å²) in [6.45, 7) is -1.99. The zero-order valence-electron chi connectivity index (χ0n) is 17.9. The number of halogens is 2. The van der Waals surface area contributed by atoms with E-state index in [-0.39, 0.29) is 0 Å². The highest BCUT2D eigenvalue weighted by Gasteiger charge is 2.72. The van der Waals surface area contributed by atoms with Crippen molar-refractivity contribution in [3.8, 4) is 0 Å². The van der Waals surface area contributed by atoms with Gasteiger partial charge in [-0.3, -0.25) is 14.4 Å². The lowest BCUT2D eigenvalue weighted by molar-refractivity contribution is -0.186. The van der Waals surface area contributed by atoms with Gasteiger partial charge in [0, 0.05) is 0 Å². The summed E-state index contributed by atoms with van der Waals surface area (Å²) in [6.07, 6.45) is 1.46. The van der Waals surface area contributed by atoms with Crippen LogP contribution in [-0.2, 0) is 43.4 Å². The Kier molecular flexibility index (Phi) is 4.72. The summed E-state index contributed by atoms with van der Waals surface area (Å²) < 4.78 is 80.3. The molecule has 0 aromatic rings. The van der Waals surface area contributed by atoms with Gasteiger partial charge >= 0.3 is 23.2 Å². The summed E-state index contributed by atoms with van der Waals surface area (Å²) in [5, 5.41) is -4.83. The first-order chi connectivity index (χ1) is 15.9. The van der Waals surface area contributed by atoms with Crippen LogP contribution in [0.25, 0.3) is 0 Å². The van der Waals surface area contributed by atoms with E-state index >= 15 is 0 Å². The maximum Gasteiger partial charge on any atom is 0.367 e. The summed E-state index contributed by atoms with van der Waals surface area (Å²) >= 11 is 0. The average molecular weight is 505 g/mol. The second-order valence-electron chi connectivity index (χ2n) is 10.8. The number of fused-ring (bicyclic) bond motifs is 1. The van der Waals surface area contributed by atoms with E-state index in [1.165, 1.54) is 0 Å². The summed E-state index contributed by atoms with van der Waals surface area (Å²) in [7, 11) is -6.06. The van der Waals surface area contributed by atoms with Gasteiger partial charge in [-0.15, -0.1) is 0 Å². The predicted octanol–water partition coefficient (Wildman–Crippen LogP) is 0.735. The predicted molar refractivity (Wildman–Crippen MR) is 102 cm³/mol. The molecule has 6 bridgehead atoms. The van der Waals surface area contributed by atoms with E-state index in [1.807, 2.05) is 0 Å². The number of alkyl halides is 2. The highest BCUT2D eigenvalue weighted by Crippen LogP contribution is 2.61. The van der Waals surface area contributed by atoms with E-state index in [9.17, 15) is 36.1 Å². The maximum absolute atomic E-state index is 13.5. The van der Waals surface area contributed by atoms with Crippen LogP contribution in [0.4, 0.5) is 8.78 Å². The first kappa shape index (κ1) is 22.6. The fourth-order valence-electron chi connectivity index (χ4n) is 7.67. The van der Waals surface area contributed by atoms with Crippen LogP contribution in [0.5, 0.6) is 0 Å². The topological polar surface area (TPSA) is 145 Å². The van der Waals surface area contributed by atoms with E-state index < -0.39 is 81.6 Å². The van der Waals surface area contributed by atoms with E-state index in [2.05, 4.69) is 4.74 Å². The molecule has 3 aliphatic heterocycles. The van der Waals surface area contributed by atoms with Crippen molar-refractivity contribution < 1.29 is 55.1 Å². The molecule has 6 atom stereocenters. The smallest absolute Gasteiger partial charge is 0.367 e. The van der Waals surface area contributed by atoms with E-state index in [1.54, 1.807) is 0 Å². The van der Waals surface area contributed by atoms with Crippen molar-refractivity contribution in [2.24, 2.45) is 35.0 Å². The molecule has 0 radical (unpaired) electrons. The lowest BCUT2D eigenvalue weighted by Crippen LogP contribution is -2.54. The third-order valence-corrected chi connectivity index (χ3v) is 9.49. The number of hydrogen-bond donors (Lipinski definition) is 0. The largest absolute Gasteiger partial charge is 0.743 e. The molecule has 0 amide bonds. The Morgan fingerprint density at radius 2 is 1.65 bits per heavy atom. The molecule has 0 aromatic heterocycles. The second kappa shape index (κ2) is 7.10. The maximum atomic E-state index is 13.5. The van der Waals surface area contributed by atoms with Crippen molar-refractivity contribution in [1.29, 1.82) is 0 Å². The molecule has 34 heavy (non-hydrogen) atoms. The van der Waals surface area contributed by atoms with Gasteiger partial charge in [0.1, 0.15) is 24.0 Å². The Labute approximate surface area is 193 Å². The molecule has 10 nitrogen and oxygen atoms in total. The molecule has 6 unspecified atom stereocenters. The summed E-state index contributed by atoms with van der Waals surface area (Å²) in [4.78, 5) is 38.4. The summed E-state index contributed by atoms with van der Waals surface area (Å²) in [5.74, 6) is -3.69. The van der Waals surface area contributed by atoms with Crippen molar-refractivity contribution in [2.45, 2.75) is 68.2 Å². The molecule has 0 spiro atoms. The quantitative estimate of drug-likeness (QED) is 0.288. The van der Waals surface area contributed by atoms with Gasteiger partial charge in [0.25, 0.3) is 0 Å². The third kappa shape index (κ3) is 3.15. The standard InChI is InChI=1S/C21H24F2O10S/c22-21(23,34(27,28)29)7-30-17(24)11-12-14-15(32-18(12)25)16(13(11)31-14)33-19(26)20-4-8-1-9(5-20)3-10(2-8)6-20/h8-16H,1-7H2,(H,27,28,29)/p-1. The van der Waals surface area contributed by atoms with Crippen LogP contribution < -0.4 is 0 Å². The molecule has 4 saturated carbocycles. The molecule has 188 valence electrons. The molecule has 7 aliphatic rings. The Balaban J connectivity index is 1.19. The number of ether oxygens (including phenoxy) is 4. The van der Waals surface area contributed by atoms with Gasteiger partial charge in [0.15, 0.2) is 28.9 Å². The fourth-order valence-corrected chi connectivity index (χ4v) is 7.88. The normalized spacial score (nSPS) is 46.0. The SMILES string of the molecule is O=C1OC2C(OC(=O)C34CC5CC(CC(C5)C3)C4)C3OC2C1C3C(=O)OCC(F)(F)S(=O)(=O)[O-]. The van der Waals surface area contributed by atoms with Crippen LogP contribution in [0.2, 0.25) is 0 Å². The zero-order valence-corrected chi connectivity index (χ0v) is 18.7. The summed E-state index contributed by atoms with van der Waals surface area (Å²) in [5.41, 5.74) is -0.612. The highest BCUT2D eigenvalue weighted by atomic mass is 32.2. The molecular weight excluding hydrogens is 482 g/mol. The third-order valence-electron chi connectivity index (χ3n) is 8.64. The van der Waals surface area contributed by atoms with E-state index in [0.717, 1.165) is 38.5 Å². The molecule has 13 heteroatoms. The fraction of sp³-hybridized carbons (Fsp3) is 0.857. The Hall–Kier alpha value is -1.86. The number of carbonyl (C=O) groups is 3. The minimum atomic E-state index is -6.06. The van der Waals surface area contributed by atoms with Crippen molar-refractivity contribution in [3.63, 3.8) is 0 Å². The number of rotatable bonds is 6. The monoisotopic (exact) mass is 505 g/mol. The lowest BCUT2D eigenvalue weighted by atomic mass is 9.49. The molecule has 0 aromatic carbocycles. The Bertz CT molecular complexity index is 1020. The van der Waals surface area contributed by atoms with Crippen molar-refractivity contribution in [3.05, 3.63) is 0 Å². The highest BCUT2D eigenvalue weighted by molar-refractivity contribution is 7.86. The minimum absolute atomic E-state index is 0.414. The van der Waals surface area contributed by atoms with Crippen molar-refractivity contribution in [2.75, 3.05) is 6.61 Å². The zero-order chi connectivity index (χ0) is 24.2. The number of hydrogen-bond acceptors (Lipinski definition) is 10. The van der Waals surface area contributed by atoms with Crippen LogP contribution in [-0.4, -0.2) is 67.2 Å². The molecule has 7 fully saturated rings. The molecular formula is C21H23F2O10S-. The molecule has 4 aliphatic carbocycles. The molecule has 3 saturated heterocycles. The van der Waals surface area contributed by atoms with Gasteiger partial charge in [-0.1, -0.05) is 0 Å². The first-order valence-electron chi connectivity index (χ1n) is 11.5. The van der Waals surface area contributed by atoms with E-state index in [0.29, 0.717) is 17.8 Å². The number of carbonyl (C=O) groups excluding carboxylic acids is 3. The van der Waals surface area contributed by atoms with Crippen LogP contribution in [0.1, 0.15) is 38.5 Å². The second-order valence-corrected chi connectivity index (χ2v) is 12.3.